The zero-order chi connectivity index (χ0) is 14.1. The second kappa shape index (κ2) is 9.02. The van der Waals surface area contributed by atoms with Crippen LogP contribution in [-0.4, -0.2) is 28.5 Å². The van der Waals surface area contributed by atoms with Crippen LogP contribution >= 0.6 is 11.8 Å². The lowest BCUT2D eigenvalue weighted by molar-refractivity contribution is 0.687. The van der Waals surface area contributed by atoms with Crippen molar-refractivity contribution < 1.29 is 0 Å². The maximum absolute atomic E-state index is 11.5. The third-order valence-electron chi connectivity index (χ3n) is 2.89. The number of thioether (sulfide) groups is 1. The summed E-state index contributed by atoms with van der Waals surface area (Å²) in [5, 5.41) is 3.24. The molecule has 0 fully saturated rings. The molecule has 0 radical (unpaired) electrons. The van der Waals surface area contributed by atoms with E-state index in [1.165, 1.54) is 31.1 Å². The van der Waals surface area contributed by atoms with Crippen LogP contribution in [0.15, 0.2) is 10.9 Å². The molecule has 0 aliphatic rings. The van der Waals surface area contributed by atoms with E-state index in [4.69, 9.17) is 0 Å². The Morgan fingerprint density at radius 3 is 2.74 bits per heavy atom. The van der Waals surface area contributed by atoms with Gasteiger partial charge in [0.15, 0.2) is 0 Å². The van der Waals surface area contributed by atoms with E-state index in [2.05, 4.69) is 21.5 Å². The van der Waals surface area contributed by atoms with Crippen LogP contribution in [0, 0.1) is 0 Å². The minimum atomic E-state index is -0.0822. The average molecular weight is 283 g/mol. The van der Waals surface area contributed by atoms with Gasteiger partial charge in [0.2, 0.25) is 0 Å². The smallest absolute Gasteiger partial charge is 0.252 e. The van der Waals surface area contributed by atoms with Gasteiger partial charge in [0, 0.05) is 18.5 Å². The van der Waals surface area contributed by atoms with Gasteiger partial charge < -0.3 is 10.3 Å². The van der Waals surface area contributed by atoms with Crippen molar-refractivity contribution in [2.45, 2.75) is 45.4 Å². The van der Waals surface area contributed by atoms with Crippen LogP contribution in [-0.2, 0) is 0 Å². The lowest BCUT2D eigenvalue weighted by Gasteiger charge is -2.08. The molecular weight excluding hydrogens is 258 g/mol. The first-order valence-electron chi connectivity index (χ1n) is 6.97. The zero-order valence-corrected chi connectivity index (χ0v) is 13.0. The van der Waals surface area contributed by atoms with Crippen LogP contribution in [0.5, 0.6) is 0 Å². The Morgan fingerprint density at radius 1 is 1.32 bits per heavy atom. The summed E-state index contributed by atoms with van der Waals surface area (Å²) < 4.78 is 0. The minimum absolute atomic E-state index is 0.0822. The molecule has 0 amide bonds. The highest BCUT2D eigenvalue weighted by Crippen LogP contribution is 2.09. The van der Waals surface area contributed by atoms with Crippen LogP contribution in [0.3, 0.4) is 0 Å². The molecule has 0 spiro atoms. The molecule has 0 aromatic carbocycles. The molecule has 5 heteroatoms. The van der Waals surface area contributed by atoms with Crippen LogP contribution in [0.2, 0.25) is 0 Å². The predicted molar refractivity (Wildman–Crippen MR) is 84.3 cm³/mol. The Labute approximate surface area is 119 Å². The van der Waals surface area contributed by atoms with Crippen molar-refractivity contribution >= 4 is 17.6 Å². The monoisotopic (exact) mass is 283 g/mol. The Bertz CT molecular complexity index is 417. The van der Waals surface area contributed by atoms with Gasteiger partial charge in [0.25, 0.3) is 5.56 Å². The van der Waals surface area contributed by atoms with Crippen molar-refractivity contribution in [3.63, 3.8) is 0 Å². The van der Waals surface area contributed by atoms with Gasteiger partial charge in [-0.05, 0) is 24.9 Å². The molecule has 4 nitrogen and oxygen atoms in total. The van der Waals surface area contributed by atoms with Crippen molar-refractivity contribution in [1.29, 1.82) is 0 Å². The summed E-state index contributed by atoms with van der Waals surface area (Å²) in [7, 11) is 0. The van der Waals surface area contributed by atoms with E-state index >= 15 is 0 Å². The first kappa shape index (κ1) is 16.1. The lowest BCUT2D eigenvalue weighted by Crippen LogP contribution is -2.15. The topological polar surface area (TPSA) is 57.8 Å². The van der Waals surface area contributed by atoms with E-state index in [1.54, 1.807) is 0 Å². The zero-order valence-electron chi connectivity index (χ0n) is 12.2. The molecule has 0 unspecified atom stereocenters. The number of H-pyrrole nitrogens is 1. The van der Waals surface area contributed by atoms with Crippen LogP contribution in [0.4, 0.5) is 5.82 Å². The molecule has 2 N–H and O–H groups in total. The average Bonchev–Trinajstić information content (AvgIpc) is 2.37. The summed E-state index contributed by atoms with van der Waals surface area (Å²) in [5.41, 5.74) is -0.0822. The molecule has 19 heavy (non-hydrogen) atoms. The number of hydrogen-bond acceptors (Lipinski definition) is 4. The lowest BCUT2D eigenvalue weighted by atomic mass is 10.2. The van der Waals surface area contributed by atoms with Crippen LogP contribution < -0.4 is 10.9 Å². The highest BCUT2D eigenvalue weighted by atomic mass is 32.2. The number of aromatic nitrogens is 2. The van der Waals surface area contributed by atoms with Crippen molar-refractivity contribution in [3.8, 4) is 0 Å². The normalized spacial score (nSPS) is 10.9. The van der Waals surface area contributed by atoms with Gasteiger partial charge in [-0.15, -0.1) is 0 Å². The number of anilines is 1. The molecule has 0 saturated heterocycles. The van der Waals surface area contributed by atoms with Gasteiger partial charge in [-0.2, -0.15) is 11.8 Å². The second-order valence-corrected chi connectivity index (χ2v) is 5.99. The Hall–Kier alpha value is -0.970. The first-order valence-corrected chi connectivity index (χ1v) is 8.37. The van der Waals surface area contributed by atoms with E-state index in [-0.39, 0.29) is 11.5 Å². The minimum Gasteiger partial charge on any atom is -0.370 e. The van der Waals surface area contributed by atoms with E-state index in [9.17, 15) is 4.79 Å². The van der Waals surface area contributed by atoms with Crippen molar-refractivity contribution in [3.05, 3.63) is 22.2 Å². The number of nitrogens with one attached hydrogen (secondary N) is 2. The molecule has 1 aromatic heterocycles. The number of rotatable bonds is 9. The summed E-state index contributed by atoms with van der Waals surface area (Å²) >= 11 is 1.90. The third-order valence-corrected chi connectivity index (χ3v) is 3.59. The molecule has 1 aromatic rings. The number of nitrogens with zero attached hydrogens (tertiary/aromatic N) is 1. The Balaban J connectivity index is 2.31. The fourth-order valence-electron chi connectivity index (χ4n) is 1.78. The second-order valence-electron chi connectivity index (χ2n) is 5.00. The van der Waals surface area contributed by atoms with Gasteiger partial charge in [-0.25, -0.2) is 4.98 Å². The summed E-state index contributed by atoms with van der Waals surface area (Å²) in [6, 6.07) is 1.53. The van der Waals surface area contributed by atoms with E-state index < -0.39 is 0 Å². The standard InChI is InChI=1S/C14H25N3OS/c1-11(2)14-16-12(10-13(18)17-14)15-8-6-4-5-7-9-19-3/h10-11H,4-9H2,1-3H3,(H2,15,16,17,18). The van der Waals surface area contributed by atoms with E-state index in [0.29, 0.717) is 5.82 Å². The summed E-state index contributed by atoms with van der Waals surface area (Å²) in [5.74, 6) is 2.92. The van der Waals surface area contributed by atoms with Gasteiger partial charge >= 0.3 is 0 Å². The molecule has 1 rings (SSSR count). The summed E-state index contributed by atoms with van der Waals surface area (Å²) in [6.45, 7) is 4.93. The maximum Gasteiger partial charge on any atom is 0.252 e. The van der Waals surface area contributed by atoms with Crippen LogP contribution in [0.1, 0.15) is 51.3 Å². The van der Waals surface area contributed by atoms with E-state index in [0.717, 1.165) is 18.8 Å². The highest BCUT2D eigenvalue weighted by Gasteiger charge is 2.04. The SMILES string of the molecule is CSCCCCCCNc1cc(=O)[nH]c(C(C)C)n1. The number of hydrogen-bond donors (Lipinski definition) is 2. The fraction of sp³-hybridized carbons (Fsp3) is 0.714. The summed E-state index contributed by atoms with van der Waals surface area (Å²) in [6.07, 6.45) is 7.07. The largest absolute Gasteiger partial charge is 0.370 e. The Morgan fingerprint density at radius 2 is 2.05 bits per heavy atom. The van der Waals surface area contributed by atoms with Crippen molar-refractivity contribution in [2.75, 3.05) is 23.9 Å². The quantitative estimate of drug-likeness (QED) is 0.683. The molecule has 0 saturated carbocycles. The molecule has 0 aliphatic carbocycles. The van der Waals surface area contributed by atoms with Crippen molar-refractivity contribution in [2.24, 2.45) is 0 Å². The number of aromatic amines is 1. The molecule has 0 bridgehead atoms. The Kier molecular flexibility index (Phi) is 7.63. The van der Waals surface area contributed by atoms with Gasteiger partial charge in [0.05, 0.1) is 0 Å². The predicted octanol–water partition coefficient (Wildman–Crippen LogP) is 3.23. The van der Waals surface area contributed by atoms with Crippen molar-refractivity contribution in [1.82, 2.24) is 9.97 Å². The van der Waals surface area contributed by atoms with Crippen LogP contribution in [0.25, 0.3) is 0 Å². The highest BCUT2D eigenvalue weighted by molar-refractivity contribution is 7.98. The van der Waals surface area contributed by atoms with Gasteiger partial charge in [-0.1, -0.05) is 26.7 Å². The van der Waals surface area contributed by atoms with Gasteiger partial charge in [0.1, 0.15) is 11.6 Å². The number of unbranched alkanes of at least 4 members (excludes halogenated alkanes) is 3. The molecule has 0 aliphatic heterocycles. The molecule has 108 valence electrons. The molecular formula is C14H25N3OS. The summed E-state index contributed by atoms with van der Waals surface area (Å²) in [4.78, 5) is 18.7. The first-order chi connectivity index (χ1) is 9.13. The maximum atomic E-state index is 11.5. The molecule has 0 atom stereocenters. The third kappa shape index (κ3) is 6.66. The fourth-order valence-corrected chi connectivity index (χ4v) is 2.27. The molecule has 1 heterocycles. The van der Waals surface area contributed by atoms with E-state index in [1.807, 2.05) is 25.6 Å². The van der Waals surface area contributed by atoms with Gasteiger partial charge in [-0.3, -0.25) is 4.79 Å².